The Kier molecular flexibility index (Phi) is 7.42. The lowest BCUT2D eigenvalue weighted by molar-refractivity contribution is -0.137. The van der Waals surface area contributed by atoms with Crippen molar-refractivity contribution in [2.24, 2.45) is 0 Å². The summed E-state index contributed by atoms with van der Waals surface area (Å²) in [6.07, 6.45) is 1.34. The van der Waals surface area contributed by atoms with Crippen LogP contribution in [-0.2, 0) is 4.79 Å². The van der Waals surface area contributed by atoms with Gasteiger partial charge in [-0.05, 0) is 40.2 Å². The molecule has 0 aliphatic carbocycles. The van der Waals surface area contributed by atoms with Crippen molar-refractivity contribution in [3.8, 4) is 0 Å². The molecule has 0 aromatic carbocycles. The van der Waals surface area contributed by atoms with Gasteiger partial charge in [0.15, 0.2) is 0 Å². The van der Waals surface area contributed by atoms with Crippen molar-refractivity contribution in [2.45, 2.75) is 19.8 Å². The van der Waals surface area contributed by atoms with Gasteiger partial charge >= 0.3 is 5.97 Å². The fraction of sp³-hybridized carbons (Fsp3) is 0.900. The summed E-state index contributed by atoms with van der Waals surface area (Å²) in [6, 6.07) is 0. The van der Waals surface area contributed by atoms with Gasteiger partial charge in [0.2, 0.25) is 0 Å². The lowest BCUT2D eigenvalue weighted by Gasteiger charge is -2.20. The maximum absolute atomic E-state index is 10.4. The zero-order valence-electron chi connectivity index (χ0n) is 9.49. The number of hydrogen-bond acceptors (Lipinski definition) is 3. The fourth-order valence-electron chi connectivity index (χ4n) is 1.29. The zero-order valence-corrected chi connectivity index (χ0v) is 9.49. The number of carboxylic acids is 1. The minimum atomic E-state index is -0.712. The van der Waals surface area contributed by atoms with E-state index in [9.17, 15) is 4.79 Å². The predicted molar refractivity (Wildman–Crippen MR) is 57.5 cm³/mol. The van der Waals surface area contributed by atoms with Gasteiger partial charge in [0.25, 0.3) is 0 Å². The Bertz CT molecular complexity index is 160. The molecule has 4 nitrogen and oxygen atoms in total. The Labute approximate surface area is 86.5 Å². The monoisotopic (exact) mass is 202 g/mol. The van der Waals surface area contributed by atoms with E-state index in [1.807, 2.05) is 14.1 Å². The predicted octanol–water partition coefficient (Wildman–Crippen LogP) is 0.735. The molecule has 0 spiro atoms. The standard InChI is InChI=1S/C10H22N2O2/c1-4-12(9-6-10(13)14)8-5-7-11(2)3/h4-9H2,1-3H3,(H,13,14). The molecular weight excluding hydrogens is 180 g/mol. The van der Waals surface area contributed by atoms with E-state index >= 15 is 0 Å². The zero-order chi connectivity index (χ0) is 11.0. The first-order valence-corrected chi connectivity index (χ1v) is 5.15. The topological polar surface area (TPSA) is 43.8 Å². The van der Waals surface area contributed by atoms with E-state index in [1.54, 1.807) is 0 Å². The van der Waals surface area contributed by atoms with Gasteiger partial charge in [-0.2, -0.15) is 0 Å². The highest BCUT2D eigenvalue weighted by molar-refractivity contribution is 5.66. The summed E-state index contributed by atoms with van der Waals surface area (Å²) in [7, 11) is 4.10. The molecule has 0 radical (unpaired) electrons. The molecule has 0 saturated heterocycles. The fourth-order valence-corrected chi connectivity index (χ4v) is 1.29. The molecule has 0 aromatic rings. The summed E-state index contributed by atoms with van der Waals surface area (Å²) >= 11 is 0. The first-order chi connectivity index (χ1) is 6.56. The summed E-state index contributed by atoms with van der Waals surface area (Å²) < 4.78 is 0. The summed E-state index contributed by atoms with van der Waals surface area (Å²) in [6.45, 7) is 5.71. The molecular formula is C10H22N2O2. The third kappa shape index (κ3) is 8.01. The number of carbonyl (C=O) groups is 1. The van der Waals surface area contributed by atoms with Crippen LogP contribution in [0, 0.1) is 0 Å². The van der Waals surface area contributed by atoms with Crippen LogP contribution in [0.5, 0.6) is 0 Å². The van der Waals surface area contributed by atoms with Gasteiger partial charge in [-0.3, -0.25) is 4.79 Å². The Hall–Kier alpha value is -0.610. The van der Waals surface area contributed by atoms with Gasteiger partial charge in [0.05, 0.1) is 6.42 Å². The lowest BCUT2D eigenvalue weighted by Crippen LogP contribution is -2.29. The van der Waals surface area contributed by atoms with E-state index in [2.05, 4.69) is 16.7 Å². The second-order valence-electron chi connectivity index (χ2n) is 3.73. The summed E-state index contributed by atoms with van der Waals surface area (Å²) in [5.74, 6) is -0.712. The SMILES string of the molecule is CCN(CCCN(C)C)CCC(=O)O. The molecule has 0 bridgehead atoms. The van der Waals surface area contributed by atoms with Crippen molar-refractivity contribution >= 4 is 5.97 Å². The van der Waals surface area contributed by atoms with E-state index in [1.165, 1.54) is 0 Å². The van der Waals surface area contributed by atoms with Crippen LogP contribution in [0.4, 0.5) is 0 Å². The third-order valence-corrected chi connectivity index (χ3v) is 2.17. The maximum atomic E-state index is 10.4. The molecule has 84 valence electrons. The number of aliphatic carboxylic acids is 1. The highest BCUT2D eigenvalue weighted by Gasteiger charge is 2.04. The number of nitrogens with zero attached hydrogens (tertiary/aromatic N) is 2. The van der Waals surface area contributed by atoms with Crippen molar-refractivity contribution in [3.05, 3.63) is 0 Å². The normalized spacial score (nSPS) is 11.2. The Balaban J connectivity index is 3.52. The van der Waals surface area contributed by atoms with E-state index < -0.39 is 5.97 Å². The van der Waals surface area contributed by atoms with Crippen molar-refractivity contribution in [1.29, 1.82) is 0 Å². The molecule has 0 fully saturated rings. The average molecular weight is 202 g/mol. The smallest absolute Gasteiger partial charge is 0.304 e. The van der Waals surface area contributed by atoms with Crippen LogP contribution in [-0.4, -0.2) is 61.2 Å². The summed E-state index contributed by atoms with van der Waals surface area (Å²) in [5.41, 5.74) is 0. The van der Waals surface area contributed by atoms with Crippen LogP contribution in [0.3, 0.4) is 0 Å². The average Bonchev–Trinajstić information content (AvgIpc) is 2.10. The van der Waals surface area contributed by atoms with Gasteiger partial charge in [-0.15, -0.1) is 0 Å². The molecule has 14 heavy (non-hydrogen) atoms. The minimum Gasteiger partial charge on any atom is -0.481 e. The van der Waals surface area contributed by atoms with Crippen LogP contribution in [0.1, 0.15) is 19.8 Å². The lowest BCUT2D eigenvalue weighted by atomic mass is 10.3. The van der Waals surface area contributed by atoms with Crippen LogP contribution < -0.4 is 0 Å². The molecule has 4 heteroatoms. The first-order valence-electron chi connectivity index (χ1n) is 5.15. The molecule has 0 aliphatic rings. The van der Waals surface area contributed by atoms with E-state index in [0.29, 0.717) is 6.54 Å². The first kappa shape index (κ1) is 13.4. The molecule has 0 heterocycles. The molecule has 1 N–H and O–H groups in total. The summed E-state index contributed by atoms with van der Waals surface area (Å²) in [4.78, 5) is 14.7. The van der Waals surface area contributed by atoms with Crippen molar-refractivity contribution in [3.63, 3.8) is 0 Å². The van der Waals surface area contributed by atoms with Crippen LogP contribution in [0.2, 0.25) is 0 Å². The highest BCUT2D eigenvalue weighted by Crippen LogP contribution is 1.94. The highest BCUT2D eigenvalue weighted by atomic mass is 16.4. The second kappa shape index (κ2) is 7.76. The molecule has 0 atom stereocenters. The molecule has 0 aliphatic heterocycles. The second-order valence-corrected chi connectivity index (χ2v) is 3.73. The van der Waals surface area contributed by atoms with Crippen LogP contribution >= 0.6 is 0 Å². The molecule has 0 rings (SSSR count). The number of hydrogen-bond donors (Lipinski definition) is 1. The van der Waals surface area contributed by atoms with E-state index in [-0.39, 0.29) is 6.42 Å². The quantitative estimate of drug-likeness (QED) is 0.630. The molecule has 0 aromatic heterocycles. The van der Waals surface area contributed by atoms with Crippen molar-refractivity contribution < 1.29 is 9.90 Å². The van der Waals surface area contributed by atoms with E-state index in [0.717, 1.165) is 26.1 Å². The van der Waals surface area contributed by atoms with Gasteiger partial charge in [0.1, 0.15) is 0 Å². The Morgan fingerprint density at radius 1 is 1.21 bits per heavy atom. The van der Waals surface area contributed by atoms with Gasteiger partial charge < -0.3 is 14.9 Å². The molecule has 0 unspecified atom stereocenters. The van der Waals surface area contributed by atoms with E-state index in [4.69, 9.17) is 5.11 Å². The van der Waals surface area contributed by atoms with Crippen LogP contribution in [0.15, 0.2) is 0 Å². The number of carboxylic acid groups (broad SMARTS) is 1. The molecule has 0 amide bonds. The minimum absolute atomic E-state index is 0.246. The number of rotatable bonds is 8. The molecule has 0 saturated carbocycles. The van der Waals surface area contributed by atoms with Crippen molar-refractivity contribution in [2.75, 3.05) is 40.3 Å². The van der Waals surface area contributed by atoms with Gasteiger partial charge in [-0.1, -0.05) is 6.92 Å². The van der Waals surface area contributed by atoms with Gasteiger partial charge in [0, 0.05) is 6.54 Å². The van der Waals surface area contributed by atoms with Crippen molar-refractivity contribution in [1.82, 2.24) is 9.80 Å². The Morgan fingerprint density at radius 2 is 1.86 bits per heavy atom. The largest absolute Gasteiger partial charge is 0.481 e. The maximum Gasteiger partial charge on any atom is 0.304 e. The third-order valence-electron chi connectivity index (χ3n) is 2.17. The van der Waals surface area contributed by atoms with Crippen LogP contribution in [0.25, 0.3) is 0 Å². The Morgan fingerprint density at radius 3 is 2.29 bits per heavy atom. The summed E-state index contributed by atoms with van der Waals surface area (Å²) in [5, 5.41) is 8.54. The van der Waals surface area contributed by atoms with Gasteiger partial charge in [-0.25, -0.2) is 0 Å².